The third kappa shape index (κ3) is 3.03. The largest absolute Gasteiger partial charge is 0.437 e. The summed E-state index contributed by atoms with van der Waals surface area (Å²) in [5, 5.41) is 5.35. The van der Waals surface area contributed by atoms with Gasteiger partial charge in [0.25, 0.3) is 0 Å². The summed E-state index contributed by atoms with van der Waals surface area (Å²) in [4.78, 5) is 22.9. The highest BCUT2D eigenvalue weighted by molar-refractivity contribution is 9.10. The molecule has 0 saturated heterocycles. The minimum Gasteiger partial charge on any atom is -0.437 e. The topological polar surface area (TPSA) is 82.5 Å². The molecule has 35 heavy (non-hydrogen) atoms. The average Bonchev–Trinajstić information content (AvgIpc) is 3.33. The highest BCUT2D eigenvalue weighted by Gasteiger charge is 2.38. The number of benzene rings is 3. The van der Waals surface area contributed by atoms with Gasteiger partial charge in [-0.1, -0.05) is 76.6 Å². The lowest BCUT2D eigenvalue weighted by molar-refractivity contribution is 0.422. The van der Waals surface area contributed by atoms with Crippen molar-refractivity contribution in [2.24, 2.45) is 0 Å². The number of halogens is 1. The SMILES string of the molecule is O=c1oc2ccccc2c2c1C(c1ccccc1Br)c1c(ncn3nc(-c4ccccc4)nc13)O2. The van der Waals surface area contributed by atoms with E-state index >= 15 is 0 Å². The van der Waals surface area contributed by atoms with E-state index in [1.807, 2.05) is 72.8 Å². The first kappa shape index (κ1) is 20.1. The molecule has 3 aromatic carbocycles. The number of para-hydroxylation sites is 1. The monoisotopic (exact) mass is 522 g/mol. The van der Waals surface area contributed by atoms with E-state index in [0.29, 0.717) is 45.2 Å². The van der Waals surface area contributed by atoms with Gasteiger partial charge < -0.3 is 9.15 Å². The van der Waals surface area contributed by atoms with E-state index < -0.39 is 11.5 Å². The van der Waals surface area contributed by atoms with Crippen LogP contribution in [-0.2, 0) is 0 Å². The highest BCUT2D eigenvalue weighted by Crippen LogP contribution is 2.50. The molecule has 7 rings (SSSR count). The lowest BCUT2D eigenvalue weighted by Gasteiger charge is -2.27. The van der Waals surface area contributed by atoms with Crippen molar-refractivity contribution < 1.29 is 9.15 Å². The van der Waals surface area contributed by atoms with Crippen molar-refractivity contribution in [3.63, 3.8) is 0 Å². The fraction of sp³-hybridized carbons (Fsp3) is 0.0370. The second-order valence-electron chi connectivity index (χ2n) is 8.22. The van der Waals surface area contributed by atoms with Crippen molar-refractivity contribution in [2.45, 2.75) is 5.92 Å². The van der Waals surface area contributed by atoms with E-state index in [1.165, 1.54) is 0 Å². The molecule has 8 heteroatoms. The molecule has 4 heterocycles. The molecule has 0 spiro atoms. The normalized spacial score (nSPS) is 14.5. The first-order valence-electron chi connectivity index (χ1n) is 11.0. The zero-order chi connectivity index (χ0) is 23.5. The molecule has 0 bridgehead atoms. The maximum atomic E-state index is 13.4. The van der Waals surface area contributed by atoms with Crippen LogP contribution in [0.2, 0.25) is 0 Å². The number of fused-ring (bicyclic) bond motifs is 6. The molecule has 0 saturated carbocycles. The van der Waals surface area contributed by atoms with Gasteiger partial charge in [0.2, 0.25) is 5.88 Å². The van der Waals surface area contributed by atoms with Gasteiger partial charge in [-0.2, -0.15) is 0 Å². The van der Waals surface area contributed by atoms with Crippen molar-refractivity contribution in [3.8, 4) is 23.0 Å². The molecular formula is C27H15BrN4O3. The number of aromatic nitrogens is 4. The Morgan fingerprint density at radius 1 is 0.886 bits per heavy atom. The molecule has 0 N–H and O–H groups in total. The number of ether oxygens (including phenoxy) is 1. The van der Waals surface area contributed by atoms with Gasteiger partial charge in [0.1, 0.15) is 11.9 Å². The van der Waals surface area contributed by atoms with Gasteiger partial charge in [0.15, 0.2) is 17.2 Å². The Labute approximate surface area is 206 Å². The van der Waals surface area contributed by atoms with Gasteiger partial charge in [-0.05, 0) is 23.8 Å². The van der Waals surface area contributed by atoms with Crippen LogP contribution in [0.25, 0.3) is 28.0 Å². The zero-order valence-corrected chi connectivity index (χ0v) is 19.6. The molecule has 0 radical (unpaired) electrons. The van der Waals surface area contributed by atoms with Crippen molar-refractivity contribution in [1.82, 2.24) is 19.6 Å². The van der Waals surface area contributed by atoms with Crippen LogP contribution in [0.5, 0.6) is 11.6 Å². The van der Waals surface area contributed by atoms with Gasteiger partial charge in [0, 0.05) is 10.0 Å². The summed E-state index contributed by atoms with van der Waals surface area (Å²) in [5.41, 5.74) is 3.37. The fourth-order valence-electron chi connectivity index (χ4n) is 4.66. The van der Waals surface area contributed by atoms with Gasteiger partial charge in [-0.25, -0.2) is 19.3 Å². The maximum absolute atomic E-state index is 13.4. The second kappa shape index (κ2) is 7.61. The van der Waals surface area contributed by atoms with E-state index in [4.69, 9.17) is 14.1 Å². The summed E-state index contributed by atoms with van der Waals surface area (Å²) < 4.78 is 14.5. The van der Waals surface area contributed by atoms with Crippen molar-refractivity contribution in [2.75, 3.05) is 0 Å². The van der Waals surface area contributed by atoms with Gasteiger partial charge in [-0.3, -0.25) is 0 Å². The molecule has 7 nitrogen and oxygen atoms in total. The van der Waals surface area contributed by atoms with E-state index in [-0.39, 0.29) is 0 Å². The van der Waals surface area contributed by atoms with E-state index in [1.54, 1.807) is 16.9 Å². The Morgan fingerprint density at radius 3 is 2.51 bits per heavy atom. The Hall–Kier alpha value is -4.30. The van der Waals surface area contributed by atoms with E-state index in [9.17, 15) is 4.79 Å². The molecule has 168 valence electrons. The molecule has 1 aliphatic rings. The van der Waals surface area contributed by atoms with Crippen LogP contribution in [0, 0.1) is 0 Å². The minimum atomic E-state index is -0.533. The van der Waals surface area contributed by atoms with Crippen LogP contribution in [0.4, 0.5) is 0 Å². The fourth-order valence-corrected chi connectivity index (χ4v) is 5.17. The van der Waals surface area contributed by atoms with Crippen LogP contribution in [-0.4, -0.2) is 19.6 Å². The molecule has 6 aromatic rings. The van der Waals surface area contributed by atoms with Crippen LogP contribution >= 0.6 is 15.9 Å². The summed E-state index contributed by atoms with van der Waals surface area (Å²) in [7, 11) is 0. The Balaban J connectivity index is 1.58. The summed E-state index contributed by atoms with van der Waals surface area (Å²) in [6, 6.07) is 24.8. The van der Waals surface area contributed by atoms with Gasteiger partial charge >= 0.3 is 5.63 Å². The van der Waals surface area contributed by atoms with Crippen LogP contribution in [0.1, 0.15) is 22.6 Å². The Kier molecular flexibility index (Phi) is 4.37. The minimum absolute atomic E-state index is 0.383. The van der Waals surface area contributed by atoms with Crippen molar-refractivity contribution in [3.05, 3.63) is 117 Å². The molecular weight excluding hydrogens is 508 g/mol. The molecule has 0 aliphatic carbocycles. The quantitative estimate of drug-likeness (QED) is 0.261. The average molecular weight is 523 g/mol. The van der Waals surface area contributed by atoms with E-state index in [0.717, 1.165) is 15.6 Å². The van der Waals surface area contributed by atoms with Crippen molar-refractivity contribution in [1.29, 1.82) is 0 Å². The number of nitrogens with zero attached hydrogens (tertiary/aromatic N) is 4. The lowest BCUT2D eigenvalue weighted by atomic mass is 9.84. The zero-order valence-electron chi connectivity index (χ0n) is 18.1. The Morgan fingerprint density at radius 2 is 1.66 bits per heavy atom. The molecule has 1 atom stereocenters. The molecule has 1 unspecified atom stereocenters. The third-order valence-electron chi connectivity index (χ3n) is 6.21. The molecule has 0 fully saturated rings. The maximum Gasteiger partial charge on any atom is 0.344 e. The third-order valence-corrected chi connectivity index (χ3v) is 6.93. The first-order chi connectivity index (χ1) is 17.2. The summed E-state index contributed by atoms with van der Waals surface area (Å²) in [5.74, 6) is 0.857. The first-order valence-corrected chi connectivity index (χ1v) is 11.8. The smallest absolute Gasteiger partial charge is 0.344 e. The van der Waals surface area contributed by atoms with Crippen LogP contribution < -0.4 is 10.4 Å². The lowest BCUT2D eigenvalue weighted by Crippen LogP contribution is -2.22. The predicted molar refractivity (Wildman–Crippen MR) is 134 cm³/mol. The van der Waals surface area contributed by atoms with Crippen LogP contribution in [0.3, 0.4) is 0 Å². The number of hydrogen-bond donors (Lipinski definition) is 0. The second-order valence-corrected chi connectivity index (χ2v) is 9.07. The van der Waals surface area contributed by atoms with Gasteiger partial charge in [-0.15, -0.1) is 5.10 Å². The van der Waals surface area contributed by atoms with E-state index in [2.05, 4.69) is 26.0 Å². The standard InChI is InChI=1S/C27H15BrN4O3/c28-18-12-6-4-10-16(18)20-21-23(17-11-5-7-13-19(17)34-27(21)33)35-26-22(20)25-30-24(31-32(25)14-29-26)15-8-2-1-3-9-15/h1-14,20H. The highest BCUT2D eigenvalue weighted by atomic mass is 79.9. The van der Waals surface area contributed by atoms with Gasteiger partial charge in [0.05, 0.1) is 22.4 Å². The molecule has 1 aliphatic heterocycles. The number of rotatable bonds is 2. The summed E-state index contributed by atoms with van der Waals surface area (Å²) in [6.45, 7) is 0. The van der Waals surface area contributed by atoms with Crippen molar-refractivity contribution >= 4 is 32.5 Å². The predicted octanol–water partition coefficient (Wildman–Crippen LogP) is 5.95. The van der Waals surface area contributed by atoms with Crippen LogP contribution in [0.15, 0.2) is 98.9 Å². The number of hydrogen-bond acceptors (Lipinski definition) is 6. The molecule has 3 aromatic heterocycles. The summed E-state index contributed by atoms with van der Waals surface area (Å²) in [6.07, 6.45) is 1.59. The Bertz CT molecular complexity index is 1830. The molecule has 0 amide bonds. The summed E-state index contributed by atoms with van der Waals surface area (Å²) >= 11 is 3.68.